The van der Waals surface area contributed by atoms with Gasteiger partial charge >= 0.3 is 18.2 Å². The molecule has 1 atom stereocenters. The Morgan fingerprint density at radius 3 is 1.97 bits per heavy atom. The van der Waals surface area contributed by atoms with Crippen LogP contribution < -0.4 is 34.4 Å². The highest BCUT2D eigenvalue weighted by Gasteiger charge is 2.43. The molecule has 0 bridgehead atoms. The summed E-state index contributed by atoms with van der Waals surface area (Å²) in [7, 11) is 6.80. The minimum Gasteiger partial charge on any atom is -0.495 e. The summed E-state index contributed by atoms with van der Waals surface area (Å²) in [4.78, 5) is 72.7. The Kier molecular flexibility index (Phi) is 13.6. The molecule has 1 saturated heterocycles. The normalized spacial score (nSPS) is 15.3. The molecule has 2 heterocycles. The Bertz CT molecular complexity index is 2070. The average molecular weight is 856 g/mol. The summed E-state index contributed by atoms with van der Waals surface area (Å²) in [6.45, 7) is 15.2. The fourth-order valence-corrected chi connectivity index (χ4v) is 7.00. The minimum atomic E-state index is -1.09. The van der Waals surface area contributed by atoms with E-state index in [0.717, 1.165) is 31.3 Å². The van der Waals surface area contributed by atoms with Crippen LogP contribution in [0.3, 0.4) is 0 Å². The zero-order valence-corrected chi connectivity index (χ0v) is 36.6. The Balaban J connectivity index is 1.67. The first-order valence-electron chi connectivity index (χ1n) is 19.0. The highest BCUT2D eigenvalue weighted by atomic mass is 35.5. The number of ether oxygens (including phenoxy) is 4. The molecule has 18 heteroatoms. The fraction of sp³-hybridized carbons (Fsp3) is 0.463. The first kappa shape index (κ1) is 44.8. The van der Waals surface area contributed by atoms with Crippen molar-refractivity contribution in [3.8, 4) is 11.5 Å². The molecular formula is C41H52Cl2N8O8. The number of carbonyl (C=O) groups excluding carboxylic acids is 4. The number of methoxy groups -OCH3 is 2. The van der Waals surface area contributed by atoms with Gasteiger partial charge in [-0.1, -0.05) is 29.8 Å². The molecule has 16 nitrogen and oxygen atoms in total. The molecule has 1 aromatic heterocycles. The van der Waals surface area contributed by atoms with Gasteiger partial charge in [0.05, 0.1) is 25.6 Å². The lowest BCUT2D eigenvalue weighted by Gasteiger charge is -2.32. The highest BCUT2D eigenvalue weighted by Crippen LogP contribution is 2.48. The third kappa shape index (κ3) is 10.5. The second-order valence-electron chi connectivity index (χ2n) is 16.3. The Morgan fingerprint density at radius 1 is 0.847 bits per heavy atom. The molecule has 318 valence electrons. The third-order valence-electron chi connectivity index (χ3n) is 9.27. The van der Waals surface area contributed by atoms with Crippen LogP contribution in [0, 0.1) is 0 Å². The number of imide groups is 1. The van der Waals surface area contributed by atoms with Crippen LogP contribution in [0.1, 0.15) is 60.8 Å². The van der Waals surface area contributed by atoms with Gasteiger partial charge in [0, 0.05) is 43.0 Å². The summed E-state index contributed by atoms with van der Waals surface area (Å²) in [5.74, 6) is -0.352. The number of hydrogen-bond donors (Lipinski definition) is 1. The van der Waals surface area contributed by atoms with Crippen LogP contribution in [0.2, 0.25) is 10.0 Å². The predicted molar refractivity (Wildman–Crippen MR) is 229 cm³/mol. The summed E-state index contributed by atoms with van der Waals surface area (Å²) in [6, 6.07) is 7.14. The van der Waals surface area contributed by atoms with Crippen molar-refractivity contribution in [1.82, 2.24) is 14.9 Å². The quantitative estimate of drug-likeness (QED) is 0.183. The second kappa shape index (κ2) is 17.9. The van der Waals surface area contributed by atoms with E-state index in [9.17, 15) is 19.2 Å². The number of likely N-dealkylation sites (N-methyl/N-ethyl adjacent to an activating group) is 1. The lowest BCUT2D eigenvalue weighted by molar-refractivity contribution is -0.111. The van der Waals surface area contributed by atoms with E-state index in [2.05, 4.69) is 31.7 Å². The SMILES string of the molecule is C=CC(=O)Nc1cc(N2CCC(N(C)C)C2)ccc1N(C(=O)OC(C)(C)C)c1cc(N(C(=O)N(C(=O)OC(C)(C)C)c2c(Cl)c(OC)cc(OC)c2Cl)C2CC2)ncn1. The van der Waals surface area contributed by atoms with E-state index >= 15 is 0 Å². The van der Waals surface area contributed by atoms with Gasteiger partial charge in [0.25, 0.3) is 0 Å². The number of aromatic nitrogens is 2. The standard InChI is InChI=1S/C41H52Cl2N8O8/c1-12-33(52)46-27-19-25(48-18-17-26(22-48)47(8)9)15-16-28(27)50(38(54)58-40(2,3)4)32-21-31(44-23-45-32)49(24-13-14-24)37(53)51(39(55)59-41(5,6)7)36-34(42)29(56-10)20-30(57-11)35(36)43/h12,15-16,19-21,23-24,26H,1,13-14,17-18,22H2,2-11H3,(H,46,52). The van der Waals surface area contributed by atoms with E-state index in [0.29, 0.717) is 23.8 Å². The molecule has 1 unspecified atom stereocenters. The van der Waals surface area contributed by atoms with Gasteiger partial charge < -0.3 is 34.1 Å². The number of benzene rings is 2. The van der Waals surface area contributed by atoms with E-state index in [1.807, 2.05) is 20.2 Å². The first-order chi connectivity index (χ1) is 27.7. The Labute approximate surface area is 354 Å². The van der Waals surface area contributed by atoms with Crippen molar-refractivity contribution in [3.05, 3.63) is 59.4 Å². The molecule has 2 fully saturated rings. The second-order valence-corrected chi connectivity index (χ2v) is 17.0. The smallest absolute Gasteiger partial charge is 0.423 e. The zero-order chi connectivity index (χ0) is 43.6. The number of amides is 5. The third-order valence-corrected chi connectivity index (χ3v) is 10.0. The molecule has 0 radical (unpaired) electrons. The number of anilines is 6. The van der Waals surface area contributed by atoms with Crippen molar-refractivity contribution in [3.63, 3.8) is 0 Å². The van der Waals surface area contributed by atoms with Crippen molar-refractivity contribution in [2.45, 2.75) is 84.1 Å². The van der Waals surface area contributed by atoms with Crippen LogP contribution in [0.25, 0.3) is 0 Å². The lowest BCUT2D eigenvalue weighted by Crippen LogP contribution is -2.50. The molecule has 1 aliphatic carbocycles. The molecule has 0 spiro atoms. The molecule has 2 aromatic carbocycles. The van der Waals surface area contributed by atoms with Crippen molar-refractivity contribution in [1.29, 1.82) is 0 Å². The van der Waals surface area contributed by atoms with Gasteiger partial charge in [0.1, 0.15) is 56.4 Å². The van der Waals surface area contributed by atoms with E-state index < -0.39 is 41.4 Å². The number of nitrogens with zero attached hydrogens (tertiary/aromatic N) is 7. The van der Waals surface area contributed by atoms with Crippen molar-refractivity contribution < 1.29 is 38.1 Å². The van der Waals surface area contributed by atoms with Gasteiger partial charge in [-0.3, -0.25) is 9.69 Å². The molecule has 1 aliphatic heterocycles. The van der Waals surface area contributed by atoms with Gasteiger partial charge in [-0.25, -0.2) is 29.3 Å². The van der Waals surface area contributed by atoms with Crippen LogP contribution in [-0.4, -0.2) is 104 Å². The van der Waals surface area contributed by atoms with Gasteiger partial charge in [-0.05, 0) is 99.2 Å². The predicted octanol–water partition coefficient (Wildman–Crippen LogP) is 8.67. The topological polar surface area (TPSA) is 159 Å². The van der Waals surface area contributed by atoms with Crippen LogP contribution in [-0.2, 0) is 14.3 Å². The molecule has 1 N–H and O–H groups in total. The number of rotatable bonds is 11. The first-order valence-corrected chi connectivity index (χ1v) is 19.7. The number of nitrogens with one attached hydrogen (secondary N) is 1. The highest BCUT2D eigenvalue weighted by molar-refractivity contribution is 6.43. The molecular weight excluding hydrogens is 803 g/mol. The van der Waals surface area contributed by atoms with Crippen molar-refractivity contribution >= 4 is 81.7 Å². The number of hydrogen-bond acceptors (Lipinski definition) is 12. The largest absolute Gasteiger partial charge is 0.495 e. The summed E-state index contributed by atoms with van der Waals surface area (Å²) >= 11 is 13.6. The van der Waals surface area contributed by atoms with Crippen LogP contribution >= 0.6 is 23.2 Å². The van der Waals surface area contributed by atoms with E-state index in [-0.39, 0.29) is 50.2 Å². The molecule has 5 amide bonds. The zero-order valence-electron chi connectivity index (χ0n) is 35.1. The number of carbonyl (C=O) groups is 4. The lowest BCUT2D eigenvalue weighted by atomic mass is 10.2. The summed E-state index contributed by atoms with van der Waals surface area (Å²) < 4.78 is 22.5. The number of halogens is 2. The maximum absolute atomic E-state index is 15.0. The Morgan fingerprint density at radius 2 is 1.44 bits per heavy atom. The van der Waals surface area contributed by atoms with E-state index in [4.69, 9.17) is 42.1 Å². The average Bonchev–Trinajstić information content (AvgIpc) is 3.85. The molecule has 5 rings (SSSR count). The van der Waals surface area contributed by atoms with Crippen molar-refractivity contribution in [2.75, 3.05) is 66.3 Å². The maximum Gasteiger partial charge on any atom is 0.423 e. The van der Waals surface area contributed by atoms with Crippen molar-refractivity contribution in [2.24, 2.45) is 0 Å². The number of urea groups is 1. The van der Waals surface area contributed by atoms with Gasteiger partial charge in [0.15, 0.2) is 0 Å². The molecule has 59 heavy (non-hydrogen) atoms. The van der Waals surface area contributed by atoms with Crippen LogP contribution in [0.5, 0.6) is 11.5 Å². The monoisotopic (exact) mass is 854 g/mol. The molecule has 3 aromatic rings. The van der Waals surface area contributed by atoms with E-state index in [1.54, 1.807) is 53.7 Å². The molecule has 2 aliphatic rings. The summed E-state index contributed by atoms with van der Waals surface area (Å²) in [5.41, 5.74) is -0.926. The summed E-state index contributed by atoms with van der Waals surface area (Å²) in [6.07, 6.45) is 2.43. The minimum absolute atomic E-state index is 0.0127. The van der Waals surface area contributed by atoms with Gasteiger partial charge in [-0.2, -0.15) is 4.90 Å². The van der Waals surface area contributed by atoms with Gasteiger partial charge in [0.2, 0.25) is 5.91 Å². The molecule has 1 saturated carbocycles. The van der Waals surface area contributed by atoms with Crippen LogP contribution in [0.4, 0.5) is 48.8 Å². The van der Waals surface area contributed by atoms with Gasteiger partial charge in [-0.15, -0.1) is 0 Å². The van der Waals surface area contributed by atoms with Crippen LogP contribution in [0.15, 0.2) is 49.3 Å². The maximum atomic E-state index is 15.0. The fourth-order valence-electron chi connectivity index (χ4n) is 6.33. The summed E-state index contributed by atoms with van der Waals surface area (Å²) in [5, 5.41) is 2.54. The van der Waals surface area contributed by atoms with E-state index in [1.165, 1.54) is 42.5 Å². The Hall–Kier alpha value is -5.32.